The summed E-state index contributed by atoms with van der Waals surface area (Å²) in [4.78, 5) is 25.3. The Morgan fingerprint density at radius 1 is 1.09 bits per heavy atom. The highest BCUT2D eigenvalue weighted by Gasteiger charge is 2.55. The Bertz CT molecular complexity index is 1120. The van der Waals surface area contributed by atoms with E-state index in [4.69, 9.17) is 14.2 Å². The molecule has 0 radical (unpaired) electrons. The number of carbonyl (C=O) groups is 2. The van der Waals surface area contributed by atoms with Gasteiger partial charge in [0.05, 0.1) is 24.4 Å². The van der Waals surface area contributed by atoms with Crippen molar-refractivity contribution in [1.82, 2.24) is 0 Å². The summed E-state index contributed by atoms with van der Waals surface area (Å²) in [5.41, 5.74) is -0.713. The fraction of sp³-hybridized carbons (Fsp3) is 0.333. The number of hydrogen-bond donors (Lipinski definition) is 3. The lowest BCUT2D eigenvalue weighted by Crippen LogP contribution is -2.44. The Hall–Kier alpha value is -3.52. The Balaban J connectivity index is 1.75. The van der Waals surface area contributed by atoms with Crippen molar-refractivity contribution < 1.29 is 39.1 Å². The van der Waals surface area contributed by atoms with Crippen molar-refractivity contribution in [2.45, 2.75) is 44.0 Å². The molecule has 8 heteroatoms. The average Bonchev–Trinajstić information content (AvgIpc) is 3.27. The molecule has 32 heavy (non-hydrogen) atoms. The molecule has 2 aromatic rings. The molecular formula is C24H24O8. The van der Waals surface area contributed by atoms with Crippen molar-refractivity contribution in [1.29, 1.82) is 0 Å². The number of epoxide rings is 1. The molecule has 2 heterocycles. The van der Waals surface area contributed by atoms with Crippen molar-refractivity contribution in [2.75, 3.05) is 7.11 Å². The van der Waals surface area contributed by atoms with Gasteiger partial charge in [0.25, 0.3) is 0 Å². The van der Waals surface area contributed by atoms with E-state index in [1.165, 1.54) is 30.3 Å². The molecule has 0 aliphatic carbocycles. The lowest BCUT2D eigenvalue weighted by molar-refractivity contribution is -0.169. The molecule has 3 N–H and O–H groups in total. The summed E-state index contributed by atoms with van der Waals surface area (Å²) in [6, 6.07) is 10.5. The van der Waals surface area contributed by atoms with E-state index in [9.17, 15) is 24.9 Å². The SMILES string of the molecule is COC(=O)[C@]1(Cc2ccc(O)c(C[C@H]3OC3(C)C)c2)OC(=O)C(O)=C1c1ccc(O)cc1. The molecule has 2 aromatic carbocycles. The van der Waals surface area contributed by atoms with Crippen molar-refractivity contribution in [3.8, 4) is 11.5 Å². The van der Waals surface area contributed by atoms with Gasteiger partial charge in [0.1, 0.15) is 11.5 Å². The van der Waals surface area contributed by atoms with E-state index >= 15 is 0 Å². The minimum absolute atomic E-state index is 0.0175. The van der Waals surface area contributed by atoms with Gasteiger partial charge in [0.15, 0.2) is 0 Å². The Labute approximate surface area is 184 Å². The smallest absolute Gasteiger partial charge is 0.375 e. The van der Waals surface area contributed by atoms with Crippen LogP contribution >= 0.6 is 0 Å². The molecule has 0 amide bonds. The van der Waals surface area contributed by atoms with Crippen LogP contribution in [-0.4, -0.2) is 51.7 Å². The molecule has 2 aliphatic rings. The minimum atomic E-state index is -1.93. The van der Waals surface area contributed by atoms with E-state index in [1.807, 2.05) is 13.8 Å². The number of esters is 2. The molecule has 1 fully saturated rings. The molecular weight excluding hydrogens is 416 g/mol. The number of aliphatic hydroxyl groups is 1. The van der Waals surface area contributed by atoms with Gasteiger partial charge in [0.2, 0.25) is 11.4 Å². The van der Waals surface area contributed by atoms with Crippen LogP contribution in [-0.2, 0) is 36.6 Å². The van der Waals surface area contributed by atoms with Crippen molar-refractivity contribution in [3.05, 3.63) is 64.9 Å². The van der Waals surface area contributed by atoms with E-state index in [2.05, 4.69) is 0 Å². The van der Waals surface area contributed by atoms with Crippen molar-refractivity contribution in [2.24, 2.45) is 0 Å². The second kappa shape index (κ2) is 7.56. The molecule has 0 saturated carbocycles. The molecule has 8 nitrogen and oxygen atoms in total. The van der Waals surface area contributed by atoms with Crippen molar-refractivity contribution >= 4 is 17.5 Å². The second-order valence-corrected chi connectivity index (χ2v) is 8.53. The van der Waals surface area contributed by atoms with Gasteiger partial charge in [-0.3, -0.25) is 0 Å². The first kappa shape index (κ1) is 21.7. The zero-order valence-corrected chi connectivity index (χ0v) is 17.9. The van der Waals surface area contributed by atoms with Crippen LogP contribution in [0.25, 0.3) is 5.57 Å². The molecule has 0 spiro atoms. The third kappa shape index (κ3) is 3.67. The molecule has 0 unspecified atom stereocenters. The number of cyclic esters (lactones) is 1. The van der Waals surface area contributed by atoms with Crippen LogP contribution in [0.1, 0.15) is 30.5 Å². The maximum Gasteiger partial charge on any atom is 0.375 e. The van der Waals surface area contributed by atoms with E-state index in [-0.39, 0.29) is 35.2 Å². The molecule has 0 aromatic heterocycles. The fourth-order valence-corrected chi connectivity index (χ4v) is 4.07. The standard InChI is InChI=1S/C24H24O8/c1-23(2)18(31-23)11-15-10-13(4-9-17(15)26)12-24(22(29)30-3)19(20(27)21(28)32-24)14-5-7-16(25)8-6-14/h4-10,18,25-27H,11-12H2,1-3H3/t18-,24-/m1/s1. The Kier molecular flexibility index (Phi) is 5.13. The number of phenols is 2. The lowest BCUT2D eigenvalue weighted by Gasteiger charge is -2.28. The molecule has 2 aliphatic heterocycles. The lowest BCUT2D eigenvalue weighted by atomic mass is 9.82. The summed E-state index contributed by atoms with van der Waals surface area (Å²) in [6.07, 6.45) is 0.302. The van der Waals surface area contributed by atoms with Crippen LogP contribution in [0.5, 0.6) is 11.5 Å². The van der Waals surface area contributed by atoms with Gasteiger partial charge >= 0.3 is 11.9 Å². The topological polar surface area (TPSA) is 126 Å². The maximum absolute atomic E-state index is 12.9. The van der Waals surface area contributed by atoms with Crippen LogP contribution in [0, 0.1) is 0 Å². The normalized spacial score (nSPS) is 23.7. The second-order valence-electron chi connectivity index (χ2n) is 8.53. The number of benzene rings is 2. The van der Waals surface area contributed by atoms with Gasteiger partial charge in [-0.2, -0.15) is 0 Å². The monoisotopic (exact) mass is 440 g/mol. The van der Waals surface area contributed by atoms with E-state index < -0.39 is 23.3 Å². The number of aromatic hydroxyl groups is 2. The van der Waals surface area contributed by atoms with Gasteiger partial charge in [-0.05, 0) is 48.7 Å². The quantitative estimate of drug-likeness (QED) is 0.462. The van der Waals surface area contributed by atoms with Crippen molar-refractivity contribution in [3.63, 3.8) is 0 Å². The number of carbonyl (C=O) groups excluding carboxylic acids is 2. The van der Waals surface area contributed by atoms with E-state index in [0.29, 0.717) is 23.1 Å². The number of rotatable bonds is 6. The maximum atomic E-state index is 12.9. The first-order chi connectivity index (χ1) is 15.1. The summed E-state index contributed by atoms with van der Waals surface area (Å²) in [7, 11) is 1.16. The van der Waals surface area contributed by atoms with Gasteiger partial charge in [-0.25, -0.2) is 9.59 Å². The van der Waals surface area contributed by atoms with Gasteiger partial charge in [0, 0.05) is 12.8 Å². The van der Waals surface area contributed by atoms with Crippen LogP contribution < -0.4 is 0 Å². The minimum Gasteiger partial charge on any atom is -0.508 e. The zero-order valence-electron chi connectivity index (χ0n) is 17.9. The van der Waals surface area contributed by atoms with Crippen LogP contribution in [0.3, 0.4) is 0 Å². The summed E-state index contributed by atoms with van der Waals surface area (Å²) in [6.45, 7) is 3.92. The highest BCUT2D eigenvalue weighted by molar-refractivity contribution is 6.11. The van der Waals surface area contributed by atoms with Gasteiger partial charge < -0.3 is 29.5 Å². The number of aliphatic hydroxyl groups excluding tert-OH is 1. The van der Waals surface area contributed by atoms with E-state index in [0.717, 1.165) is 7.11 Å². The van der Waals surface area contributed by atoms with Crippen LogP contribution in [0.15, 0.2) is 48.2 Å². The summed E-state index contributed by atoms with van der Waals surface area (Å²) >= 11 is 0. The molecule has 4 rings (SSSR count). The predicted molar refractivity (Wildman–Crippen MR) is 113 cm³/mol. The fourth-order valence-electron chi connectivity index (χ4n) is 4.07. The van der Waals surface area contributed by atoms with Gasteiger partial charge in [-0.15, -0.1) is 0 Å². The van der Waals surface area contributed by atoms with Crippen LogP contribution in [0.2, 0.25) is 0 Å². The largest absolute Gasteiger partial charge is 0.508 e. The first-order valence-electron chi connectivity index (χ1n) is 10.1. The molecule has 2 atom stereocenters. The third-order valence-corrected chi connectivity index (χ3v) is 5.94. The summed E-state index contributed by atoms with van der Waals surface area (Å²) < 4.78 is 16.0. The number of hydrogen-bond acceptors (Lipinski definition) is 8. The summed E-state index contributed by atoms with van der Waals surface area (Å²) in [5, 5.41) is 30.4. The first-order valence-corrected chi connectivity index (χ1v) is 10.1. The number of methoxy groups -OCH3 is 1. The predicted octanol–water partition coefficient (Wildman–Crippen LogP) is 2.80. The Morgan fingerprint density at radius 3 is 2.34 bits per heavy atom. The zero-order chi connectivity index (χ0) is 23.3. The molecule has 1 saturated heterocycles. The number of ether oxygens (including phenoxy) is 3. The summed E-state index contributed by atoms with van der Waals surface area (Å²) in [5.74, 6) is -2.54. The third-order valence-electron chi connectivity index (χ3n) is 5.94. The van der Waals surface area contributed by atoms with Gasteiger partial charge in [-0.1, -0.05) is 24.3 Å². The highest BCUT2D eigenvalue weighted by atomic mass is 16.6. The van der Waals surface area contributed by atoms with E-state index in [1.54, 1.807) is 12.1 Å². The molecule has 0 bridgehead atoms. The molecule has 168 valence electrons. The Morgan fingerprint density at radius 2 is 1.75 bits per heavy atom. The number of phenolic OH excluding ortho intramolecular Hbond substituents is 2. The average molecular weight is 440 g/mol. The highest BCUT2D eigenvalue weighted by Crippen LogP contribution is 2.44. The van der Waals surface area contributed by atoms with Crippen LogP contribution in [0.4, 0.5) is 0 Å².